The molecule has 0 fully saturated rings. The van der Waals surface area contributed by atoms with Crippen LogP contribution in [0.25, 0.3) is 0 Å². The SMILES string of the molecule is CN(CC(C)(C)C)C(=O)NC(C(=O)O)c1ccccc1. The summed E-state index contributed by atoms with van der Waals surface area (Å²) in [7, 11) is 1.66. The van der Waals surface area contributed by atoms with E-state index in [-0.39, 0.29) is 5.41 Å². The second kappa shape index (κ2) is 6.41. The van der Waals surface area contributed by atoms with Crippen molar-refractivity contribution in [2.24, 2.45) is 5.41 Å². The molecule has 0 aliphatic rings. The molecule has 0 bridgehead atoms. The molecular weight excluding hydrogens is 256 g/mol. The van der Waals surface area contributed by atoms with Crippen molar-refractivity contribution in [3.63, 3.8) is 0 Å². The highest BCUT2D eigenvalue weighted by Gasteiger charge is 2.25. The molecule has 0 spiro atoms. The maximum Gasteiger partial charge on any atom is 0.330 e. The number of carboxylic acids is 1. The van der Waals surface area contributed by atoms with E-state index in [1.807, 2.05) is 20.8 Å². The van der Waals surface area contributed by atoms with Gasteiger partial charge in [-0.1, -0.05) is 51.1 Å². The monoisotopic (exact) mass is 278 g/mol. The standard InChI is InChI=1S/C15H22N2O3/c1-15(2,3)10-17(4)14(20)16-12(13(18)19)11-8-6-5-7-9-11/h5-9,12H,10H2,1-4H3,(H,16,20)(H,18,19). The van der Waals surface area contributed by atoms with Gasteiger partial charge in [0.1, 0.15) is 0 Å². The van der Waals surface area contributed by atoms with Gasteiger partial charge in [0, 0.05) is 13.6 Å². The Bertz CT molecular complexity index is 466. The number of amides is 2. The minimum Gasteiger partial charge on any atom is -0.479 e. The van der Waals surface area contributed by atoms with Gasteiger partial charge in [-0.3, -0.25) is 0 Å². The van der Waals surface area contributed by atoms with Crippen LogP contribution in [0.5, 0.6) is 0 Å². The summed E-state index contributed by atoms with van der Waals surface area (Å²) < 4.78 is 0. The highest BCUT2D eigenvalue weighted by molar-refractivity contribution is 5.83. The molecule has 1 rings (SSSR count). The van der Waals surface area contributed by atoms with E-state index in [9.17, 15) is 14.7 Å². The first kappa shape index (κ1) is 16.0. The summed E-state index contributed by atoms with van der Waals surface area (Å²) in [5, 5.41) is 11.8. The van der Waals surface area contributed by atoms with Gasteiger partial charge in [-0.05, 0) is 11.0 Å². The third-order valence-electron chi connectivity index (χ3n) is 2.71. The summed E-state index contributed by atoms with van der Waals surface area (Å²) in [6.07, 6.45) is 0. The molecule has 0 radical (unpaired) electrons. The first-order chi connectivity index (χ1) is 9.20. The Morgan fingerprint density at radius 1 is 1.25 bits per heavy atom. The van der Waals surface area contributed by atoms with Crippen LogP contribution >= 0.6 is 0 Å². The fourth-order valence-corrected chi connectivity index (χ4v) is 1.95. The zero-order valence-corrected chi connectivity index (χ0v) is 12.4. The van der Waals surface area contributed by atoms with Crippen LogP contribution in [0.2, 0.25) is 0 Å². The lowest BCUT2D eigenvalue weighted by Crippen LogP contribution is -2.44. The molecular formula is C15H22N2O3. The lowest BCUT2D eigenvalue weighted by molar-refractivity contribution is -0.139. The summed E-state index contributed by atoms with van der Waals surface area (Å²) in [4.78, 5) is 24.9. The van der Waals surface area contributed by atoms with Crippen molar-refractivity contribution in [1.82, 2.24) is 10.2 Å². The molecule has 5 nitrogen and oxygen atoms in total. The van der Waals surface area contributed by atoms with Gasteiger partial charge in [-0.15, -0.1) is 0 Å². The minimum absolute atomic E-state index is 0.0441. The second-order valence-corrected chi connectivity index (χ2v) is 6.05. The Morgan fingerprint density at radius 3 is 2.25 bits per heavy atom. The largest absolute Gasteiger partial charge is 0.479 e. The van der Waals surface area contributed by atoms with Crippen molar-refractivity contribution in [2.75, 3.05) is 13.6 Å². The number of carboxylic acid groups (broad SMARTS) is 1. The summed E-state index contributed by atoms with van der Waals surface area (Å²) in [6, 6.07) is 7.23. The Kier molecular flexibility index (Phi) is 5.13. The molecule has 0 saturated carbocycles. The summed E-state index contributed by atoms with van der Waals surface area (Å²) in [5.41, 5.74) is 0.509. The predicted octanol–water partition coefficient (Wildman–Crippen LogP) is 2.50. The summed E-state index contributed by atoms with van der Waals surface area (Å²) in [5.74, 6) is -1.08. The number of hydrogen-bond acceptors (Lipinski definition) is 2. The van der Waals surface area contributed by atoms with E-state index in [4.69, 9.17) is 0 Å². The van der Waals surface area contributed by atoms with Crippen LogP contribution in [-0.2, 0) is 4.79 Å². The zero-order valence-electron chi connectivity index (χ0n) is 12.4. The molecule has 2 amide bonds. The fraction of sp³-hybridized carbons (Fsp3) is 0.467. The molecule has 20 heavy (non-hydrogen) atoms. The number of nitrogens with one attached hydrogen (secondary N) is 1. The van der Waals surface area contributed by atoms with Crippen LogP contribution in [-0.4, -0.2) is 35.6 Å². The number of nitrogens with zero attached hydrogens (tertiary/aromatic N) is 1. The minimum atomic E-state index is -1.08. The van der Waals surface area contributed by atoms with Gasteiger partial charge >= 0.3 is 12.0 Å². The molecule has 1 unspecified atom stereocenters. The maximum absolute atomic E-state index is 12.1. The van der Waals surface area contributed by atoms with E-state index in [0.29, 0.717) is 12.1 Å². The molecule has 0 saturated heterocycles. The van der Waals surface area contributed by atoms with Gasteiger partial charge in [-0.25, -0.2) is 9.59 Å². The number of rotatable bonds is 4. The third-order valence-corrected chi connectivity index (χ3v) is 2.71. The van der Waals surface area contributed by atoms with Crippen molar-refractivity contribution >= 4 is 12.0 Å². The number of carbonyl (C=O) groups is 2. The van der Waals surface area contributed by atoms with Crippen LogP contribution < -0.4 is 5.32 Å². The second-order valence-electron chi connectivity index (χ2n) is 6.05. The smallest absolute Gasteiger partial charge is 0.330 e. The highest BCUT2D eigenvalue weighted by atomic mass is 16.4. The average molecular weight is 278 g/mol. The van der Waals surface area contributed by atoms with E-state index in [0.717, 1.165) is 0 Å². The number of benzene rings is 1. The number of carbonyl (C=O) groups excluding carboxylic acids is 1. The molecule has 1 aromatic rings. The van der Waals surface area contributed by atoms with Gasteiger partial charge in [0.25, 0.3) is 0 Å². The molecule has 110 valence electrons. The van der Waals surface area contributed by atoms with E-state index < -0.39 is 18.0 Å². The topological polar surface area (TPSA) is 69.6 Å². The van der Waals surface area contributed by atoms with Crippen LogP contribution in [0.1, 0.15) is 32.4 Å². The van der Waals surface area contributed by atoms with Crippen LogP contribution in [0.15, 0.2) is 30.3 Å². The van der Waals surface area contributed by atoms with Gasteiger partial charge in [-0.2, -0.15) is 0 Å². The van der Waals surface area contributed by atoms with E-state index >= 15 is 0 Å². The number of aliphatic carboxylic acids is 1. The Labute approximate surface area is 119 Å². The van der Waals surface area contributed by atoms with Crippen LogP contribution in [0.3, 0.4) is 0 Å². The highest BCUT2D eigenvalue weighted by Crippen LogP contribution is 2.16. The lowest BCUT2D eigenvalue weighted by Gasteiger charge is -2.28. The van der Waals surface area contributed by atoms with E-state index in [1.54, 1.807) is 37.4 Å². The Morgan fingerprint density at radius 2 is 1.80 bits per heavy atom. The summed E-state index contributed by atoms with van der Waals surface area (Å²) >= 11 is 0. The third kappa shape index (κ3) is 4.91. The number of urea groups is 1. The normalized spacial score (nSPS) is 12.6. The van der Waals surface area contributed by atoms with Gasteiger partial charge < -0.3 is 15.3 Å². The van der Waals surface area contributed by atoms with Crippen molar-refractivity contribution in [1.29, 1.82) is 0 Å². The van der Waals surface area contributed by atoms with Gasteiger partial charge in [0.05, 0.1) is 0 Å². The van der Waals surface area contributed by atoms with E-state index in [2.05, 4.69) is 5.32 Å². The van der Waals surface area contributed by atoms with Crippen LogP contribution in [0, 0.1) is 5.41 Å². The molecule has 2 N–H and O–H groups in total. The van der Waals surface area contributed by atoms with Gasteiger partial charge in [0.15, 0.2) is 6.04 Å². The Hall–Kier alpha value is -2.04. The molecule has 0 aliphatic heterocycles. The fourth-order valence-electron chi connectivity index (χ4n) is 1.95. The lowest BCUT2D eigenvalue weighted by atomic mass is 9.96. The first-order valence-electron chi connectivity index (χ1n) is 6.50. The van der Waals surface area contributed by atoms with Crippen molar-refractivity contribution < 1.29 is 14.7 Å². The molecule has 1 aromatic carbocycles. The van der Waals surface area contributed by atoms with Crippen molar-refractivity contribution in [3.8, 4) is 0 Å². The molecule has 0 heterocycles. The Balaban J connectivity index is 2.77. The predicted molar refractivity (Wildman–Crippen MR) is 77.4 cm³/mol. The van der Waals surface area contributed by atoms with E-state index in [1.165, 1.54) is 4.90 Å². The molecule has 1 atom stereocenters. The number of hydrogen-bond donors (Lipinski definition) is 2. The molecule has 5 heteroatoms. The zero-order chi connectivity index (χ0) is 15.3. The maximum atomic E-state index is 12.1. The quantitative estimate of drug-likeness (QED) is 0.889. The molecule has 0 aliphatic carbocycles. The van der Waals surface area contributed by atoms with Gasteiger partial charge in [0.2, 0.25) is 0 Å². The first-order valence-corrected chi connectivity index (χ1v) is 6.50. The molecule has 0 aromatic heterocycles. The summed E-state index contributed by atoms with van der Waals surface area (Å²) in [6.45, 7) is 6.59. The van der Waals surface area contributed by atoms with Crippen molar-refractivity contribution in [3.05, 3.63) is 35.9 Å². The van der Waals surface area contributed by atoms with Crippen LogP contribution in [0.4, 0.5) is 4.79 Å². The van der Waals surface area contributed by atoms with Crippen molar-refractivity contribution in [2.45, 2.75) is 26.8 Å². The average Bonchev–Trinajstić information content (AvgIpc) is 2.34.